The minimum absolute atomic E-state index is 0.0415. The van der Waals surface area contributed by atoms with Crippen LogP contribution in [-0.2, 0) is 27.6 Å². The Bertz CT molecular complexity index is 1440. The number of aldehydes is 1. The highest BCUT2D eigenvalue weighted by Crippen LogP contribution is 2.40. The van der Waals surface area contributed by atoms with Gasteiger partial charge in [0.2, 0.25) is 0 Å². The predicted octanol–water partition coefficient (Wildman–Crippen LogP) is 5.43. The molecule has 1 aliphatic carbocycles. The zero-order valence-electron chi connectivity index (χ0n) is 21.9. The summed E-state index contributed by atoms with van der Waals surface area (Å²) in [6.07, 6.45) is -0.344. The summed E-state index contributed by atoms with van der Waals surface area (Å²) < 4.78 is 65.3. The maximum Gasteiger partial charge on any atom is 0.391 e. The summed E-state index contributed by atoms with van der Waals surface area (Å²) in [6, 6.07) is 8.91. The number of nitrogens with zero attached hydrogens (tertiary/aromatic N) is 2. The Kier molecular flexibility index (Phi) is 8.48. The lowest BCUT2D eigenvalue weighted by Crippen LogP contribution is -2.30. The number of carbonyl (C=O) groups excluding carboxylic acids is 2. The fourth-order valence-electron chi connectivity index (χ4n) is 5.33. The van der Waals surface area contributed by atoms with E-state index in [1.54, 1.807) is 12.1 Å². The molecule has 1 fully saturated rings. The number of fused-ring (bicyclic) bond motifs is 1. The van der Waals surface area contributed by atoms with Crippen molar-refractivity contribution in [2.24, 2.45) is 11.8 Å². The summed E-state index contributed by atoms with van der Waals surface area (Å²) in [5.74, 6) is -1.59. The molecule has 4 rings (SSSR count). The zero-order valence-corrected chi connectivity index (χ0v) is 22.7. The smallest absolute Gasteiger partial charge is 0.345 e. The average Bonchev–Trinajstić information content (AvgIpc) is 3.27. The molecule has 0 radical (unpaired) electrons. The van der Waals surface area contributed by atoms with Crippen LogP contribution in [0, 0.1) is 11.8 Å². The van der Waals surface area contributed by atoms with Crippen LogP contribution in [0.4, 0.5) is 13.2 Å². The number of amides is 1. The molecule has 1 aromatic carbocycles. The summed E-state index contributed by atoms with van der Waals surface area (Å²) in [7, 11) is -3.44. The quantitative estimate of drug-likeness (QED) is 0.350. The third kappa shape index (κ3) is 6.34. The molecule has 3 aromatic rings. The minimum Gasteiger partial charge on any atom is -0.345 e. The Morgan fingerprint density at radius 1 is 1.13 bits per heavy atom. The van der Waals surface area contributed by atoms with Crippen molar-refractivity contribution in [1.82, 2.24) is 14.9 Å². The maximum absolute atomic E-state index is 13.0. The Hall–Kier alpha value is -3.21. The number of benzene rings is 1. The molecule has 1 amide bonds. The van der Waals surface area contributed by atoms with Gasteiger partial charge in [-0.15, -0.1) is 0 Å². The molecule has 7 nitrogen and oxygen atoms in total. The standard InChI is InChI=1S/C28H32F3N3O4S/c1-3-34-22(13-18-5-8-21(9-6-18)28(29,30)31)15-20-14-19(7-12-26(20)34)27(36)33-25(17-35)24-11-10-23(16-32-24)39(37,38)4-2/h7,10-12,14-18,21,25H,3-6,8-9,13H2,1-2H3,(H,33,36)/t18?,21?,25-/m0/s1. The SMILES string of the molecule is CCn1c(CC2CCC(C(F)(F)F)CC2)cc2cc(C(=O)N[C@@H](C=O)c3ccc(S(=O)(=O)CC)cn3)ccc21. The molecular formula is C28H32F3N3O4S. The Labute approximate surface area is 225 Å². The first-order valence-electron chi connectivity index (χ1n) is 13.1. The van der Waals surface area contributed by atoms with Crippen molar-refractivity contribution in [3.8, 4) is 0 Å². The molecule has 1 saturated carbocycles. The van der Waals surface area contributed by atoms with Gasteiger partial charge < -0.3 is 14.7 Å². The monoisotopic (exact) mass is 563 g/mol. The van der Waals surface area contributed by atoms with Gasteiger partial charge in [-0.1, -0.05) is 6.92 Å². The summed E-state index contributed by atoms with van der Waals surface area (Å²) >= 11 is 0. The van der Waals surface area contributed by atoms with E-state index < -0.39 is 33.9 Å². The minimum atomic E-state index is -4.13. The first-order valence-corrected chi connectivity index (χ1v) is 14.8. The molecule has 39 heavy (non-hydrogen) atoms. The van der Waals surface area contributed by atoms with E-state index >= 15 is 0 Å². The summed E-state index contributed by atoms with van der Waals surface area (Å²) in [4.78, 5) is 28.8. The number of hydrogen-bond acceptors (Lipinski definition) is 5. The lowest BCUT2D eigenvalue weighted by molar-refractivity contribution is -0.183. The van der Waals surface area contributed by atoms with E-state index in [2.05, 4.69) is 14.9 Å². The molecule has 2 aromatic heterocycles. The molecular weight excluding hydrogens is 531 g/mol. The number of aromatic nitrogens is 2. The van der Waals surface area contributed by atoms with Gasteiger partial charge in [0.15, 0.2) is 9.84 Å². The highest BCUT2D eigenvalue weighted by molar-refractivity contribution is 7.91. The van der Waals surface area contributed by atoms with Crippen molar-refractivity contribution < 1.29 is 31.2 Å². The largest absolute Gasteiger partial charge is 0.391 e. The number of hydrogen-bond donors (Lipinski definition) is 1. The van der Waals surface area contributed by atoms with E-state index in [-0.39, 0.29) is 35.1 Å². The second-order valence-electron chi connectivity index (χ2n) is 10.0. The Morgan fingerprint density at radius 3 is 2.41 bits per heavy atom. The second-order valence-corrected chi connectivity index (χ2v) is 12.3. The number of rotatable bonds is 9. The molecule has 11 heteroatoms. The summed E-state index contributed by atoms with van der Waals surface area (Å²) in [6.45, 7) is 4.21. The fourth-order valence-corrected chi connectivity index (χ4v) is 6.15. The van der Waals surface area contributed by atoms with Crippen molar-refractivity contribution in [1.29, 1.82) is 0 Å². The van der Waals surface area contributed by atoms with Gasteiger partial charge in [0.1, 0.15) is 12.3 Å². The number of nitrogens with one attached hydrogen (secondary N) is 1. The van der Waals surface area contributed by atoms with Gasteiger partial charge in [0, 0.05) is 34.9 Å². The van der Waals surface area contributed by atoms with Crippen molar-refractivity contribution >= 4 is 32.9 Å². The third-order valence-corrected chi connectivity index (χ3v) is 9.33. The molecule has 0 saturated heterocycles. The summed E-state index contributed by atoms with van der Waals surface area (Å²) in [5, 5.41) is 3.47. The predicted molar refractivity (Wildman–Crippen MR) is 141 cm³/mol. The topological polar surface area (TPSA) is 98.1 Å². The van der Waals surface area contributed by atoms with Crippen LogP contribution in [0.1, 0.15) is 67.3 Å². The van der Waals surface area contributed by atoms with Crippen LogP contribution >= 0.6 is 0 Å². The lowest BCUT2D eigenvalue weighted by Gasteiger charge is -2.30. The average molecular weight is 564 g/mol. The molecule has 1 aliphatic rings. The maximum atomic E-state index is 13.0. The van der Waals surface area contributed by atoms with Crippen LogP contribution in [-0.4, -0.2) is 42.1 Å². The normalized spacial score (nSPS) is 19.1. The van der Waals surface area contributed by atoms with Gasteiger partial charge in [-0.05, 0) is 81.3 Å². The summed E-state index contributed by atoms with van der Waals surface area (Å²) in [5.41, 5.74) is 2.51. The van der Waals surface area contributed by atoms with Crippen molar-refractivity contribution in [2.75, 3.05) is 5.75 Å². The highest BCUT2D eigenvalue weighted by Gasteiger charge is 2.41. The third-order valence-electron chi connectivity index (χ3n) is 7.61. The number of carbonyl (C=O) groups is 2. The van der Waals surface area contributed by atoms with Gasteiger partial charge >= 0.3 is 6.18 Å². The van der Waals surface area contributed by atoms with Gasteiger partial charge in [-0.25, -0.2) is 8.42 Å². The Balaban J connectivity index is 1.49. The van der Waals surface area contributed by atoms with Crippen LogP contribution in [0.3, 0.4) is 0 Å². The van der Waals surface area contributed by atoms with E-state index in [1.165, 1.54) is 25.3 Å². The van der Waals surface area contributed by atoms with E-state index in [1.807, 2.05) is 19.1 Å². The van der Waals surface area contributed by atoms with Crippen molar-refractivity contribution in [3.63, 3.8) is 0 Å². The molecule has 0 aliphatic heterocycles. The van der Waals surface area contributed by atoms with E-state index in [9.17, 15) is 31.2 Å². The van der Waals surface area contributed by atoms with E-state index in [0.29, 0.717) is 37.7 Å². The van der Waals surface area contributed by atoms with Gasteiger partial charge in [0.05, 0.1) is 22.3 Å². The number of aryl methyl sites for hydroxylation is 1. The molecule has 2 heterocycles. The van der Waals surface area contributed by atoms with Gasteiger partial charge in [-0.2, -0.15) is 13.2 Å². The number of halogens is 3. The van der Waals surface area contributed by atoms with Crippen LogP contribution in [0.25, 0.3) is 10.9 Å². The number of sulfone groups is 1. The van der Waals surface area contributed by atoms with Crippen molar-refractivity contribution in [3.05, 3.63) is 59.5 Å². The molecule has 0 bridgehead atoms. The Morgan fingerprint density at radius 2 is 1.85 bits per heavy atom. The first kappa shape index (κ1) is 28.8. The first-order chi connectivity index (χ1) is 18.5. The molecule has 1 atom stereocenters. The lowest BCUT2D eigenvalue weighted by atomic mass is 9.79. The molecule has 0 unspecified atom stereocenters. The number of pyridine rings is 1. The van der Waals surface area contributed by atoms with E-state index in [4.69, 9.17) is 0 Å². The van der Waals surface area contributed by atoms with Crippen molar-refractivity contribution in [2.45, 2.75) is 69.6 Å². The van der Waals surface area contributed by atoms with E-state index in [0.717, 1.165) is 16.6 Å². The van der Waals surface area contributed by atoms with Crippen LogP contribution in [0.15, 0.2) is 47.5 Å². The van der Waals surface area contributed by atoms with Gasteiger partial charge in [-0.3, -0.25) is 9.78 Å². The molecule has 1 N–H and O–H groups in total. The fraction of sp³-hybridized carbons (Fsp3) is 0.464. The zero-order chi connectivity index (χ0) is 28.4. The number of alkyl halides is 3. The van der Waals surface area contributed by atoms with Gasteiger partial charge in [0.25, 0.3) is 5.91 Å². The second kappa shape index (κ2) is 11.5. The molecule has 210 valence electrons. The van der Waals surface area contributed by atoms with Crippen LogP contribution < -0.4 is 5.32 Å². The molecule has 0 spiro atoms. The van der Waals surface area contributed by atoms with Crippen LogP contribution in [0.5, 0.6) is 0 Å². The van der Waals surface area contributed by atoms with Crippen LogP contribution in [0.2, 0.25) is 0 Å². The highest BCUT2D eigenvalue weighted by atomic mass is 32.2.